The quantitative estimate of drug-likeness (QED) is 0.622. The summed E-state index contributed by atoms with van der Waals surface area (Å²) in [6.45, 7) is 1.89. The van der Waals surface area contributed by atoms with Crippen molar-refractivity contribution < 1.29 is 29.4 Å². The summed E-state index contributed by atoms with van der Waals surface area (Å²) in [6.07, 6.45) is 3.29. The fourth-order valence-electron chi connectivity index (χ4n) is 3.88. The first-order valence-electron chi connectivity index (χ1n) is 8.13. The zero-order valence-corrected chi connectivity index (χ0v) is 14.0. The first-order chi connectivity index (χ1) is 11.7. The van der Waals surface area contributed by atoms with Gasteiger partial charge in [-0.3, -0.25) is 9.59 Å². The van der Waals surface area contributed by atoms with Gasteiger partial charge in [0.1, 0.15) is 5.41 Å². The average molecular weight is 351 g/mol. The van der Waals surface area contributed by atoms with E-state index in [4.69, 9.17) is 19.8 Å². The second kappa shape index (κ2) is 7.09. The highest BCUT2D eigenvalue weighted by atomic mass is 16.4. The Bertz CT molecular complexity index is 622. The zero-order chi connectivity index (χ0) is 18.8. The van der Waals surface area contributed by atoms with Crippen LogP contribution in [-0.4, -0.2) is 70.4 Å². The summed E-state index contributed by atoms with van der Waals surface area (Å²) in [5.74, 6) is -3.30. The third-order valence-electron chi connectivity index (χ3n) is 5.19. The van der Waals surface area contributed by atoms with Crippen molar-refractivity contribution in [3.63, 3.8) is 0 Å². The van der Waals surface area contributed by atoms with Gasteiger partial charge in [0.2, 0.25) is 11.8 Å². The number of hydrogen-bond acceptors (Lipinski definition) is 5. The molecule has 3 fully saturated rings. The molecule has 0 unspecified atom stereocenters. The number of amides is 2. The van der Waals surface area contributed by atoms with Gasteiger partial charge in [-0.25, -0.2) is 9.59 Å². The van der Waals surface area contributed by atoms with Gasteiger partial charge in [0.25, 0.3) is 0 Å². The first kappa shape index (κ1) is 18.7. The summed E-state index contributed by atoms with van der Waals surface area (Å²) < 4.78 is 0. The zero-order valence-electron chi connectivity index (χ0n) is 14.0. The van der Waals surface area contributed by atoms with Crippen molar-refractivity contribution in [2.75, 3.05) is 26.7 Å². The molecule has 0 spiro atoms. The van der Waals surface area contributed by atoms with E-state index >= 15 is 0 Å². The van der Waals surface area contributed by atoms with Crippen molar-refractivity contribution in [3.05, 3.63) is 0 Å². The predicted molar refractivity (Wildman–Crippen MR) is 83.0 cm³/mol. The van der Waals surface area contributed by atoms with E-state index < -0.39 is 17.4 Å². The minimum Gasteiger partial charge on any atom is -0.473 e. The van der Waals surface area contributed by atoms with Crippen LogP contribution in [0.1, 0.15) is 25.7 Å². The fourth-order valence-corrected chi connectivity index (χ4v) is 3.88. The number of likely N-dealkylation sites (tertiary alicyclic amines) is 2. The molecule has 3 rings (SSSR count). The maximum Gasteiger partial charge on any atom is 0.414 e. The Morgan fingerprint density at radius 2 is 1.68 bits per heavy atom. The smallest absolute Gasteiger partial charge is 0.414 e. The second-order valence-corrected chi connectivity index (χ2v) is 6.81. The first-order valence-corrected chi connectivity index (χ1v) is 8.13. The van der Waals surface area contributed by atoms with Crippen molar-refractivity contribution in [1.29, 1.82) is 5.26 Å². The molecule has 3 aliphatic rings. The SMILES string of the molecule is CN1C[C@@H]2CN(C(=O)C3(C#N)CCCC3)C[C@@H]2C1=O.O=C(O)C(=O)O. The van der Waals surface area contributed by atoms with E-state index in [1.54, 1.807) is 9.80 Å². The monoisotopic (exact) mass is 351 g/mol. The van der Waals surface area contributed by atoms with Gasteiger partial charge >= 0.3 is 11.9 Å². The molecule has 9 heteroatoms. The molecule has 2 amide bonds. The minimum atomic E-state index is -1.82. The molecule has 2 aliphatic heterocycles. The van der Waals surface area contributed by atoms with Crippen LogP contribution in [0.15, 0.2) is 0 Å². The van der Waals surface area contributed by atoms with Gasteiger partial charge in [-0.1, -0.05) is 12.8 Å². The number of carboxylic acids is 2. The summed E-state index contributed by atoms with van der Waals surface area (Å²) in [6, 6.07) is 2.25. The van der Waals surface area contributed by atoms with Crippen molar-refractivity contribution >= 4 is 23.8 Å². The van der Waals surface area contributed by atoms with Crippen LogP contribution in [0.2, 0.25) is 0 Å². The lowest BCUT2D eigenvalue weighted by Crippen LogP contribution is -2.42. The van der Waals surface area contributed by atoms with E-state index in [1.165, 1.54) is 0 Å². The maximum absolute atomic E-state index is 12.6. The topological polar surface area (TPSA) is 139 Å². The number of carboxylic acid groups (broad SMARTS) is 2. The Kier molecular flexibility index (Phi) is 5.30. The van der Waals surface area contributed by atoms with Crippen molar-refractivity contribution in [2.45, 2.75) is 25.7 Å². The Labute approximate surface area is 144 Å². The molecular weight excluding hydrogens is 330 g/mol. The Hall–Kier alpha value is -2.63. The van der Waals surface area contributed by atoms with Crippen LogP contribution in [0.3, 0.4) is 0 Å². The van der Waals surface area contributed by atoms with Crippen LogP contribution in [-0.2, 0) is 19.2 Å². The summed E-state index contributed by atoms with van der Waals surface area (Å²) in [4.78, 5) is 46.3. The lowest BCUT2D eigenvalue weighted by Gasteiger charge is -2.27. The number of nitrogens with zero attached hydrogens (tertiary/aromatic N) is 3. The summed E-state index contributed by atoms with van der Waals surface area (Å²) in [5.41, 5.74) is -0.798. The lowest BCUT2D eigenvalue weighted by molar-refractivity contribution is -0.159. The average Bonchev–Trinajstić information content (AvgIpc) is 3.26. The highest BCUT2D eigenvalue weighted by molar-refractivity contribution is 6.27. The normalized spacial score (nSPS) is 26.5. The molecule has 136 valence electrons. The van der Waals surface area contributed by atoms with Crippen molar-refractivity contribution in [3.8, 4) is 6.07 Å². The molecular formula is C16H21N3O6. The Morgan fingerprint density at radius 1 is 1.12 bits per heavy atom. The molecule has 2 heterocycles. The molecule has 2 saturated heterocycles. The third-order valence-corrected chi connectivity index (χ3v) is 5.19. The molecule has 1 aliphatic carbocycles. The van der Waals surface area contributed by atoms with E-state index in [2.05, 4.69) is 6.07 Å². The van der Waals surface area contributed by atoms with E-state index in [9.17, 15) is 14.9 Å². The van der Waals surface area contributed by atoms with Gasteiger partial charge in [0.15, 0.2) is 0 Å². The molecule has 0 aromatic carbocycles. The Balaban J connectivity index is 0.000000326. The molecule has 2 atom stereocenters. The lowest BCUT2D eigenvalue weighted by atomic mass is 9.86. The molecule has 0 aromatic rings. The highest BCUT2D eigenvalue weighted by Gasteiger charge is 2.51. The van der Waals surface area contributed by atoms with Crippen LogP contribution in [0.25, 0.3) is 0 Å². The number of rotatable bonds is 1. The molecule has 0 aromatic heterocycles. The van der Waals surface area contributed by atoms with Crippen molar-refractivity contribution in [2.24, 2.45) is 17.3 Å². The van der Waals surface area contributed by atoms with Crippen LogP contribution >= 0.6 is 0 Å². The van der Waals surface area contributed by atoms with Crippen molar-refractivity contribution in [1.82, 2.24) is 9.80 Å². The van der Waals surface area contributed by atoms with Gasteiger partial charge in [-0.2, -0.15) is 5.26 Å². The molecule has 25 heavy (non-hydrogen) atoms. The Morgan fingerprint density at radius 3 is 2.12 bits per heavy atom. The van der Waals surface area contributed by atoms with Crippen LogP contribution in [0, 0.1) is 28.6 Å². The van der Waals surface area contributed by atoms with Crippen LogP contribution < -0.4 is 0 Å². The number of carbonyl (C=O) groups excluding carboxylic acids is 2. The molecule has 0 bridgehead atoms. The number of nitriles is 1. The van der Waals surface area contributed by atoms with E-state index in [0.717, 1.165) is 19.4 Å². The van der Waals surface area contributed by atoms with Crippen LogP contribution in [0.4, 0.5) is 0 Å². The summed E-state index contributed by atoms with van der Waals surface area (Å²) >= 11 is 0. The largest absolute Gasteiger partial charge is 0.473 e. The predicted octanol–water partition coefficient (Wildman–Crippen LogP) is -0.227. The van der Waals surface area contributed by atoms with Gasteiger partial charge < -0.3 is 20.0 Å². The van der Waals surface area contributed by atoms with Crippen LogP contribution in [0.5, 0.6) is 0 Å². The third kappa shape index (κ3) is 3.57. The fraction of sp³-hybridized carbons (Fsp3) is 0.688. The van der Waals surface area contributed by atoms with Gasteiger partial charge in [-0.15, -0.1) is 0 Å². The standard InChI is InChI=1S/C14H19N3O2.C2H2O4/c1-16-6-10-7-17(8-11(10)12(16)18)13(19)14(9-15)4-2-3-5-14;3-1(4)2(5)6/h10-11H,2-8H2,1H3;(H,3,4)(H,5,6)/t10-,11+;/m1./s1. The number of hydrogen-bond donors (Lipinski definition) is 2. The van der Waals surface area contributed by atoms with E-state index in [-0.39, 0.29) is 23.7 Å². The molecule has 2 N–H and O–H groups in total. The summed E-state index contributed by atoms with van der Waals surface area (Å²) in [7, 11) is 1.82. The van der Waals surface area contributed by atoms with Gasteiger partial charge in [-0.05, 0) is 12.8 Å². The van der Waals surface area contributed by atoms with Gasteiger partial charge in [0, 0.05) is 32.6 Å². The minimum absolute atomic E-state index is 0.0302. The molecule has 9 nitrogen and oxygen atoms in total. The maximum atomic E-state index is 12.6. The van der Waals surface area contributed by atoms with Gasteiger partial charge in [0.05, 0.1) is 12.0 Å². The summed E-state index contributed by atoms with van der Waals surface area (Å²) in [5, 5.41) is 24.2. The molecule has 0 radical (unpaired) electrons. The highest BCUT2D eigenvalue weighted by Crippen LogP contribution is 2.41. The van der Waals surface area contributed by atoms with E-state index in [0.29, 0.717) is 25.9 Å². The molecule has 1 saturated carbocycles. The second-order valence-electron chi connectivity index (χ2n) is 6.81. The number of carbonyl (C=O) groups is 4. The number of fused-ring (bicyclic) bond motifs is 1. The van der Waals surface area contributed by atoms with E-state index in [1.807, 2.05) is 7.05 Å². The number of aliphatic carboxylic acids is 2.